The Morgan fingerprint density at radius 1 is 1.52 bits per heavy atom. The first kappa shape index (κ1) is 15.8. The molecule has 0 bridgehead atoms. The number of benzene rings is 1. The van der Waals surface area contributed by atoms with Crippen molar-refractivity contribution in [1.29, 1.82) is 0 Å². The van der Waals surface area contributed by atoms with Crippen LogP contribution in [0, 0.1) is 6.92 Å². The molecular weight excluding hydrogens is 268 g/mol. The average Bonchev–Trinajstić information content (AvgIpc) is 2.48. The van der Waals surface area contributed by atoms with Gasteiger partial charge in [-0.15, -0.1) is 0 Å². The van der Waals surface area contributed by atoms with E-state index < -0.39 is 0 Å². The van der Waals surface area contributed by atoms with Crippen LogP contribution in [0.15, 0.2) is 18.2 Å². The van der Waals surface area contributed by atoms with Crippen LogP contribution >= 0.6 is 0 Å². The highest BCUT2D eigenvalue weighted by atomic mass is 16.5. The lowest BCUT2D eigenvalue weighted by Crippen LogP contribution is -2.44. The lowest BCUT2D eigenvalue weighted by atomic mass is 10.1. The molecule has 0 saturated carbocycles. The molecule has 2 rings (SSSR count). The third kappa shape index (κ3) is 4.44. The van der Waals surface area contributed by atoms with E-state index in [0.29, 0.717) is 19.6 Å². The number of morpholine rings is 1. The summed E-state index contributed by atoms with van der Waals surface area (Å²) in [5.41, 5.74) is 2.19. The zero-order valence-electron chi connectivity index (χ0n) is 13.0. The molecule has 1 heterocycles. The van der Waals surface area contributed by atoms with E-state index in [4.69, 9.17) is 9.47 Å². The molecular formula is C16H24N2O3. The van der Waals surface area contributed by atoms with Crippen molar-refractivity contribution in [3.8, 4) is 5.75 Å². The number of methoxy groups -OCH3 is 1. The predicted octanol–water partition coefficient (Wildman–Crippen LogP) is 1.34. The fourth-order valence-corrected chi connectivity index (χ4v) is 2.52. The lowest BCUT2D eigenvalue weighted by molar-refractivity contribution is -0.131. The average molecular weight is 292 g/mol. The van der Waals surface area contributed by atoms with E-state index in [1.807, 2.05) is 26.1 Å². The molecule has 1 aromatic rings. The summed E-state index contributed by atoms with van der Waals surface area (Å²) in [6.07, 6.45) is 0.478. The second-order valence-corrected chi connectivity index (χ2v) is 5.48. The number of ether oxygens (including phenoxy) is 2. The second-order valence-electron chi connectivity index (χ2n) is 5.48. The van der Waals surface area contributed by atoms with Gasteiger partial charge in [0.15, 0.2) is 0 Å². The molecule has 1 fully saturated rings. The van der Waals surface area contributed by atoms with Gasteiger partial charge in [-0.3, -0.25) is 4.79 Å². The van der Waals surface area contributed by atoms with Crippen molar-refractivity contribution in [2.75, 3.05) is 33.9 Å². The number of nitrogens with zero attached hydrogens (tertiary/aromatic N) is 1. The molecule has 5 heteroatoms. The molecule has 0 radical (unpaired) electrons. The molecule has 1 aliphatic rings. The fraction of sp³-hybridized carbons (Fsp3) is 0.562. The van der Waals surface area contributed by atoms with E-state index in [-0.39, 0.29) is 11.9 Å². The first-order chi connectivity index (χ1) is 10.1. The van der Waals surface area contributed by atoms with Crippen LogP contribution in [0.25, 0.3) is 0 Å². The van der Waals surface area contributed by atoms with E-state index in [1.165, 1.54) is 0 Å². The Kier molecular flexibility index (Phi) is 5.59. The zero-order valence-corrected chi connectivity index (χ0v) is 13.0. The van der Waals surface area contributed by atoms with Crippen LogP contribution in [0.4, 0.5) is 0 Å². The van der Waals surface area contributed by atoms with Gasteiger partial charge in [0.1, 0.15) is 5.75 Å². The van der Waals surface area contributed by atoms with Crippen molar-refractivity contribution in [1.82, 2.24) is 10.2 Å². The van der Waals surface area contributed by atoms with Crippen molar-refractivity contribution in [2.45, 2.75) is 25.9 Å². The molecule has 1 amide bonds. The SMILES string of the molecule is COc1ccc(CN(C)C(=O)CC2COCCN2)cc1C. The van der Waals surface area contributed by atoms with E-state index in [2.05, 4.69) is 11.4 Å². The first-order valence-corrected chi connectivity index (χ1v) is 7.28. The Hall–Kier alpha value is -1.59. The Bertz CT molecular complexity index is 484. The Labute approximate surface area is 126 Å². The summed E-state index contributed by atoms with van der Waals surface area (Å²) < 4.78 is 10.6. The maximum absolute atomic E-state index is 12.2. The first-order valence-electron chi connectivity index (χ1n) is 7.28. The van der Waals surface area contributed by atoms with Crippen LogP contribution in [-0.2, 0) is 16.1 Å². The van der Waals surface area contributed by atoms with Gasteiger partial charge in [-0.05, 0) is 24.1 Å². The standard InChI is InChI=1S/C16H24N2O3/c1-12-8-13(4-5-15(12)20-3)10-18(2)16(19)9-14-11-21-7-6-17-14/h4-5,8,14,17H,6-7,9-11H2,1-3H3. The molecule has 1 saturated heterocycles. The number of rotatable bonds is 5. The molecule has 1 unspecified atom stereocenters. The lowest BCUT2D eigenvalue weighted by Gasteiger charge is -2.26. The summed E-state index contributed by atoms with van der Waals surface area (Å²) in [5.74, 6) is 1.00. The summed E-state index contributed by atoms with van der Waals surface area (Å²) in [4.78, 5) is 14.0. The number of carbonyl (C=O) groups is 1. The van der Waals surface area contributed by atoms with Gasteiger partial charge in [-0.2, -0.15) is 0 Å². The molecule has 0 aliphatic carbocycles. The summed E-state index contributed by atoms with van der Waals surface area (Å²) in [6.45, 7) is 4.77. The quantitative estimate of drug-likeness (QED) is 0.890. The van der Waals surface area contributed by atoms with Crippen LogP contribution in [0.1, 0.15) is 17.5 Å². The van der Waals surface area contributed by atoms with Gasteiger partial charge in [-0.1, -0.05) is 12.1 Å². The Morgan fingerprint density at radius 3 is 2.95 bits per heavy atom. The number of nitrogens with one attached hydrogen (secondary N) is 1. The van der Waals surface area contributed by atoms with Gasteiger partial charge in [0.05, 0.1) is 20.3 Å². The zero-order chi connectivity index (χ0) is 15.2. The smallest absolute Gasteiger partial charge is 0.224 e. The van der Waals surface area contributed by atoms with Gasteiger partial charge in [-0.25, -0.2) is 0 Å². The molecule has 1 aliphatic heterocycles. The summed E-state index contributed by atoms with van der Waals surface area (Å²) in [6, 6.07) is 6.13. The van der Waals surface area contributed by atoms with E-state index in [9.17, 15) is 4.79 Å². The summed E-state index contributed by atoms with van der Waals surface area (Å²) in [7, 11) is 3.50. The number of hydrogen-bond donors (Lipinski definition) is 1. The van der Waals surface area contributed by atoms with Gasteiger partial charge in [0.2, 0.25) is 5.91 Å². The number of amides is 1. The molecule has 0 spiro atoms. The van der Waals surface area contributed by atoms with Gasteiger partial charge in [0, 0.05) is 32.6 Å². The van der Waals surface area contributed by atoms with E-state index >= 15 is 0 Å². The van der Waals surface area contributed by atoms with Gasteiger partial charge in [0.25, 0.3) is 0 Å². The second kappa shape index (κ2) is 7.43. The maximum Gasteiger partial charge on any atom is 0.224 e. The van der Waals surface area contributed by atoms with Crippen LogP contribution in [-0.4, -0.2) is 50.8 Å². The monoisotopic (exact) mass is 292 g/mol. The van der Waals surface area contributed by atoms with Gasteiger partial charge < -0.3 is 19.7 Å². The minimum Gasteiger partial charge on any atom is -0.496 e. The highest BCUT2D eigenvalue weighted by molar-refractivity contribution is 5.76. The molecule has 1 aromatic carbocycles. The molecule has 5 nitrogen and oxygen atoms in total. The van der Waals surface area contributed by atoms with Gasteiger partial charge >= 0.3 is 0 Å². The number of hydrogen-bond acceptors (Lipinski definition) is 4. The Balaban J connectivity index is 1.89. The largest absolute Gasteiger partial charge is 0.496 e. The van der Waals surface area contributed by atoms with Crippen molar-refractivity contribution < 1.29 is 14.3 Å². The highest BCUT2D eigenvalue weighted by Crippen LogP contribution is 2.19. The fourth-order valence-electron chi connectivity index (χ4n) is 2.52. The van der Waals surface area contributed by atoms with Crippen LogP contribution in [0.3, 0.4) is 0 Å². The molecule has 1 atom stereocenters. The van der Waals surface area contributed by atoms with Crippen LogP contribution < -0.4 is 10.1 Å². The van der Waals surface area contributed by atoms with Crippen molar-refractivity contribution >= 4 is 5.91 Å². The predicted molar refractivity (Wildman–Crippen MR) is 81.4 cm³/mol. The highest BCUT2D eigenvalue weighted by Gasteiger charge is 2.19. The number of aryl methyl sites for hydroxylation is 1. The van der Waals surface area contributed by atoms with E-state index in [1.54, 1.807) is 12.0 Å². The number of carbonyl (C=O) groups excluding carboxylic acids is 1. The van der Waals surface area contributed by atoms with Crippen molar-refractivity contribution in [3.05, 3.63) is 29.3 Å². The third-order valence-corrected chi connectivity index (χ3v) is 3.72. The van der Waals surface area contributed by atoms with Crippen molar-refractivity contribution in [2.24, 2.45) is 0 Å². The minimum absolute atomic E-state index is 0.131. The summed E-state index contributed by atoms with van der Waals surface area (Å²) in [5, 5.41) is 3.30. The van der Waals surface area contributed by atoms with Crippen molar-refractivity contribution in [3.63, 3.8) is 0 Å². The minimum atomic E-state index is 0.131. The van der Waals surface area contributed by atoms with Crippen LogP contribution in [0.5, 0.6) is 5.75 Å². The van der Waals surface area contributed by atoms with E-state index in [0.717, 1.165) is 30.0 Å². The maximum atomic E-state index is 12.2. The molecule has 21 heavy (non-hydrogen) atoms. The molecule has 1 N–H and O–H groups in total. The Morgan fingerprint density at radius 2 is 2.33 bits per heavy atom. The molecule has 116 valence electrons. The summed E-state index contributed by atoms with van der Waals surface area (Å²) >= 11 is 0. The topological polar surface area (TPSA) is 50.8 Å². The molecule has 0 aromatic heterocycles. The normalized spacial score (nSPS) is 18.3. The van der Waals surface area contributed by atoms with Crippen LogP contribution in [0.2, 0.25) is 0 Å². The third-order valence-electron chi connectivity index (χ3n) is 3.72.